The van der Waals surface area contributed by atoms with Gasteiger partial charge in [-0.3, -0.25) is 9.69 Å². The van der Waals surface area contributed by atoms with Crippen molar-refractivity contribution in [2.45, 2.75) is 25.3 Å². The molecule has 7 heteroatoms. The SMILES string of the molecule is CN(CCCOc1cccc(Cl)c1)CC(=O)N1CCCC1c1ccc2c(c1)OCCO2. The summed E-state index contributed by atoms with van der Waals surface area (Å²) >= 11 is 5.97. The van der Waals surface area contributed by atoms with E-state index in [1.54, 1.807) is 6.07 Å². The molecule has 1 saturated heterocycles. The first kappa shape index (κ1) is 21.8. The third-order valence-electron chi connectivity index (χ3n) is 5.68. The highest BCUT2D eigenvalue weighted by Crippen LogP contribution is 2.38. The number of rotatable bonds is 8. The number of benzene rings is 2. The summed E-state index contributed by atoms with van der Waals surface area (Å²) in [5.41, 5.74) is 1.12. The van der Waals surface area contributed by atoms with E-state index in [0.29, 0.717) is 31.4 Å². The molecule has 1 atom stereocenters. The number of halogens is 1. The average molecular weight is 445 g/mol. The lowest BCUT2D eigenvalue weighted by Gasteiger charge is -2.28. The molecule has 0 aromatic heterocycles. The van der Waals surface area contributed by atoms with Crippen molar-refractivity contribution in [3.05, 3.63) is 53.1 Å². The number of hydrogen-bond donors (Lipinski definition) is 0. The van der Waals surface area contributed by atoms with Gasteiger partial charge in [-0.05, 0) is 62.2 Å². The summed E-state index contributed by atoms with van der Waals surface area (Å²) in [6, 6.07) is 13.5. The quantitative estimate of drug-likeness (QED) is 0.572. The number of hydrogen-bond acceptors (Lipinski definition) is 5. The molecule has 1 unspecified atom stereocenters. The lowest BCUT2D eigenvalue weighted by atomic mass is 10.0. The highest BCUT2D eigenvalue weighted by atomic mass is 35.5. The third-order valence-corrected chi connectivity index (χ3v) is 5.91. The fourth-order valence-corrected chi connectivity index (χ4v) is 4.34. The van der Waals surface area contributed by atoms with Crippen molar-refractivity contribution in [1.82, 2.24) is 9.80 Å². The van der Waals surface area contributed by atoms with Gasteiger partial charge in [-0.25, -0.2) is 0 Å². The van der Waals surface area contributed by atoms with Crippen molar-refractivity contribution >= 4 is 17.5 Å². The Bertz CT molecular complexity index is 907. The molecule has 0 saturated carbocycles. The molecule has 2 aromatic carbocycles. The molecule has 2 aliphatic heterocycles. The Morgan fingerprint density at radius 3 is 2.87 bits per heavy atom. The highest BCUT2D eigenvalue weighted by Gasteiger charge is 2.31. The predicted octanol–water partition coefficient (Wildman–Crippen LogP) is 4.18. The zero-order valence-electron chi connectivity index (χ0n) is 17.9. The minimum absolute atomic E-state index is 0.0999. The van der Waals surface area contributed by atoms with Crippen molar-refractivity contribution in [3.63, 3.8) is 0 Å². The summed E-state index contributed by atoms with van der Waals surface area (Å²) in [7, 11) is 1.98. The zero-order chi connectivity index (χ0) is 21.6. The summed E-state index contributed by atoms with van der Waals surface area (Å²) in [5, 5.41) is 0.665. The fourth-order valence-electron chi connectivity index (χ4n) is 4.16. The maximum atomic E-state index is 13.0. The first-order chi connectivity index (χ1) is 15.1. The Hall–Kier alpha value is -2.44. The normalized spacial score (nSPS) is 17.8. The Kier molecular flexibility index (Phi) is 7.20. The molecule has 6 nitrogen and oxygen atoms in total. The van der Waals surface area contributed by atoms with Crippen molar-refractivity contribution in [3.8, 4) is 17.2 Å². The van der Waals surface area contributed by atoms with E-state index in [1.807, 2.05) is 42.3 Å². The highest BCUT2D eigenvalue weighted by molar-refractivity contribution is 6.30. The average Bonchev–Trinajstić information content (AvgIpc) is 3.27. The van der Waals surface area contributed by atoms with E-state index in [1.165, 1.54) is 0 Å². The monoisotopic (exact) mass is 444 g/mol. The molecule has 0 bridgehead atoms. The van der Waals surface area contributed by atoms with Crippen molar-refractivity contribution < 1.29 is 19.0 Å². The minimum atomic E-state index is 0.0999. The van der Waals surface area contributed by atoms with E-state index in [9.17, 15) is 4.79 Å². The predicted molar refractivity (Wildman–Crippen MR) is 120 cm³/mol. The van der Waals surface area contributed by atoms with Crippen LogP contribution in [0, 0.1) is 0 Å². The first-order valence-electron chi connectivity index (χ1n) is 10.9. The van der Waals surface area contributed by atoms with Gasteiger partial charge in [0.25, 0.3) is 0 Å². The molecule has 0 spiro atoms. The number of fused-ring (bicyclic) bond motifs is 1. The Morgan fingerprint density at radius 1 is 1.19 bits per heavy atom. The van der Waals surface area contributed by atoms with Gasteiger partial charge in [0, 0.05) is 18.1 Å². The van der Waals surface area contributed by atoms with Crippen LogP contribution >= 0.6 is 11.6 Å². The Labute approximate surface area is 188 Å². The molecule has 2 aromatic rings. The number of carbonyl (C=O) groups is 1. The van der Waals surface area contributed by atoms with Crippen LogP contribution in [0.2, 0.25) is 5.02 Å². The minimum Gasteiger partial charge on any atom is -0.493 e. The maximum absolute atomic E-state index is 13.0. The van der Waals surface area contributed by atoms with Gasteiger partial charge in [-0.2, -0.15) is 0 Å². The van der Waals surface area contributed by atoms with Gasteiger partial charge in [0.15, 0.2) is 11.5 Å². The van der Waals surface area contributed by atoms with E-state index in [4.69, 9.17) is 25.8 Å². The van der Waals surface area contributed by atoms with Crippen LogP contribution in [0.15, 0.2) is 42.5 Å². The van der Waals surface area contributed by atoms with Gasteiger partial charge in [-0.1, -0.05) is 23.7 Å². The van der Waals surface area contributed by atoms with Gasteiger partial charge in [0.1, 0.15) is 19.0 Å². The van der Waals surface area contributed by atoms with Gasteiger partial charge < -0.3 is 19.1 Å². The molecule has 2 aliphatic rings. The topological polar surface area (TPSA) is 51.2 Å². The van der Waals surface area contributed by atoms with Crippen LogP contribution in [0.25, 0.3) is 0 Å². The summed E-state index contributed by atoms with van der Waals surface area (Å²) in [4.78, 5) is 17.1. The van der Waals surface area contributed by atoms with Crippen LogP contribution in [0.3, 0.4) is 0 Å². The summed E-state index contributed by atoms with van der Waals surface area (Å²) in [5.74, 6) is 2.49. The molecule has 0 radical (unpaired) electrons. The fraction of sp³-hybridized carbons (Fsp3) is 0.458. The van der Waals surface area contributed by atoms with Gasteiger partial charge >= 0.3 is 0 Å². The Balaban J connectivity index is 1.26. The lowest BCUT2D eigenvalue weighted by Crippen LogP contribution is -2.39. The zero-order valence-corrected chi connectivity index (χ0v) is 18.6. The second-order valence-electron chi connectivity index (χ2n) is 8.05. The molecule has 0 N–H and O–H groups in total. The van der Waals surface area contributed by atoms with E-state index in [0.717, 1.165) is 55.2 Å². The van der Waals surface area contributed by atoms with Crippen LogP contribution in [0.1, 0.15) is 30.9 Å². The van der Waals surface area contributed by atoms with Gasteiger partial charge in [0.2, 0.25) is 5.91 Å². The number of carbonyl (C=O) groups excluding carboxylic acids is 1. The van der Waals surface area contributed by atoms with Crippen LogP contribution in [0.4, 0.5) is 0 Å². The number of likely N-dealkylation sites (tertiary alicyclic amines) is 1. The third kappa shape index (κ3) is 5.63. The van der Waals surface area contributed by atoms with E-state index >= 15 is 0 Å². The summed E-state index contributed by atoms with van der Waals surface area (Å²) in [6.07, 6.45) is 2.83. The van der Waals surface area contributed by atoms with Gasteiger partial charge in [0.05, 0.1) is 19.2 Å². The van der Waals surface area contributed by atoms with Crippen LogP contribution in [0.5, 0.6) is 17.2 Å². The number of likely N-dealkylation sites (N-methyl/N-ethyl adjacent to an activating group) is 1. The summed E-state index contributed by atoms with van der Waals surface area (Å²) < 4.78 is 17.1. The van der Waals surface area contributed by atoms with Crippen molar-refractivity contribution in [2.75, 3.05) is 46.5 Å². The first-order valence-corrected chi connectivity index (χ1v) is 11.2. The van der Waals surface area contributed by atoms with Crippen molar-refractivity contribution in [1.29, 1.82) is 0 Å². The van der Waals surface area contributed by atoms with Crippen LogP contribution < -0.4 is 14.2 Å². The largest absolute Gasteiger partial charge is 0.493 e. The standard InChI is InChI=1S/C24H29ClN2O4/c1-26(10-4-12-29-20-6-2-5-19(25)16-20)17-24(28)27-11-3-7-21(27)18-8-9-22-23(15-18)31-14-13-30-22/h2,5-6,8-9,15-16,21H,3-4,7,10-14,17H2,1H3. The molecule has 2 heterocycles. The molecular formula is C24H29ClN2O4. The van der Waals surface area contributed by atoms with E-state index in [2.05, 4.69) is 11.0 Å². The van der Waals surface area contributed by atoms with Crippen molar-refractivity contribution in [2.24, 2.45) is 0 Å². The molecule has 1 amide bonds. The van der Waals surface area contributed by atoms with E-state index < -0.39 is 0 Å². The molecule has 31 heavy (non-hydrogen) atoms. The second kappa shape index (κ2) is 10.2. The Morgan fingerprint density at radius 2 is 2.03 bits per heavy atom. The number of amides is 1. The lowest BCUT2D eigenvalue weighted by molar-refractivity contribution is -0.133. The number of nitrogens with zero attached hydrogens (tertiary/aromatic N) is 2. The molecular weight excluding hydrogens is 416 g/mol. The summed E-state index contributed by atoms with van der Waals surface area (Å²) in [6.45, 7) is 3.71. The number of ether oxygens (including phenoxy) is 3. The molecule has 0 aliphatic carbocycles. The molecule has 4 rings (SSSR count). The molecule has 1 fully saturated rings. The molecule has 166 valence electrons. The van der Waals surface area contributed by atoms with Crippen LogP contribution in [-0.2, 0) is 4.79 Å². The second-order valence-corrected chi connectivity index (χ2v) is 8.48. The van der Waals surface area contributed by atoms with Gasteiger partial charge in [-0.15, -0.1) is 0 Å². The van der Waals surface area contributed by atoms with Crippen LogP contribution in [-0.4, -0.2) is 62.2 Å². The van der Waals surface area contributed by atoms with E-state index in [-0.39, 0.29) is 11.9 Å². The smallest absolute Gasteiger partial charge is 0.237 e. The maximum Gasteiger partial charge on any atom is 0.237 e.